The molecule has 3 aromatic rings. The van der Waals surface area contributed by atoms with Gasteiger partial charge < -0.3 is 4.42 Å². The molecule has 1 fully saturated rings. The number of nitrogens with one attached hydrogen (secondary N) is 2. The van der Waals surface area contributed by atoms with Gasteiger partial charge in [-0.1, -0.05) is 31.2 Å². The van der Waals surface area contributed by atoms with Gasteiger partial charge in [0.1, 0.15) is 17.1 Å². The average molecular weight is 437 g/mol. The number of aryl methyl sites for hydroxylation is 1. The lowest BCUT2D eigenvalue weighted by Gasteiger charge is -2.08. The van der Waals surface area contributed by atoms with Crippen molar-refractivity contribution in [3.63, 3.8) is 0 Å². The van der Waals surface area contributed by atoms with E-state index in [2.05, 4.69) is 10.9 Å². The second-order valence-corrected chi connectivity index (χ2v) is 8.50. The van der Waals surface area contributed by atoms with E-state index in [4.69, 9.17) is 9.56 Å². The van der Waals surface area contributed by atoms with Gasteiger partial charge in [-0.3, -0.25) is 20.4 Å². The standard InChI is InChI=1S/C22H19N3O5S/c1-2-13-3-5-15(6-4-13)19(20-21(26)24-25-22(20)27)18-12-11-17(30-18)14-7-9-16(10-8-14)31(23,28)29/h3-12H,2H2,1H3,(H,24,26)(H,25,27)(H2,23,28,29). The summed E-state index contributed by atoms with van der Waals surface area (Å²) in [5, 5.41) is 5.14. The number of hydrazine groups is 1. The van der Waals surface area contributed by atoms with E-state index in [0.29, 0.717) is 28.2 Å². The third-order valence-electron chi connectivity index (χ3n) is 4.96. The number of rotatable bonds is 5. The molecule has 0 aliphatic carbocycles. The maximum atomic E-state index is 12.3. The van der Waals surface area contributed by atoms with Gasteiger partial charge >= 0.3 is 0 Å². The molecular weight excluding hydrogens is 418 g/mol. The van der Waals surface area contributed by atoms with Crippen LogP contribution < -0.4 is 16.0 Å². The van der Waals surface area contributed by atoms with Crippen molar-refractivity contribution < 1.29 is 22.4 Å². The first kappa shape index (κ1) is 20.6. The van der Waals surface area contributed by atoms with Crippen molar-refractivity contribution >= 4 is 27.4 Å². The van der Waals surface area contributed by atoms with E-state index in [-0.39, 0.29) is 10.5 Å². The highest BCUT2D eigenvalue weighted by atomic mass is 32.2. The van der Waals surface area contributed by atoms with Crippen LogP contribution in [0.3, 0.4) is 0 Å². The topological polar surface area (TPSA) is 132 Å². The minimum atomic E-state index is -3.80. The van der Waals surface area contributed by atoms with E-state index >= 15 is 0 Å². The van der Waals surface area contributed by atoms with Gasteiger partial charge in [0.15, 0.2) is 0 Å². The summed E-state index contributed by atoms with van der Waals surface area (Å²) < 4.78 is 28.9. The Bertz CT molecular complexity index is 1290. The van der Waals surface area contributed by atoms with Gasteiger partial charge in [0.05, 0.1) is 4.90 Å². The van der Waals surface area contributed by atoms with Crippen LogP contribution in [0.15, 0.2) is 75.5 Å². The van der Waals surface area contributed by atoms with Gasteiger partial charge in [-0.2, -0.15) is 0 Å². The Labute approximate surface area is 178 Å². The van der Waals surface area contributed by atoms with E-state index in [9.17, 15) is 18.0 Å². The van der Waals surface area contributed by atoms with Crippen LogP contribution in [0, 0.1) is 0 Å². The van der Waals surface area contributed by atoms with E-state index in [0.717, 1.165) is 12.0 Å². The first-order valence-electron chi connectivity index (χ1n) is 9.45. The van der Waals surface area contributed by atoms with E-state index in [1.165, 1.54) is 12.1 Å². The molecule has 0 spiro atoms. The van der Waals surface area contributed by atoms with Crippen LogP contribution in [0.5, 0.6) is 0 Å². The van der Waals surface area contributed by atoms with E-state index < -0.39 is 21.8 Å². The van der Waals surface area contributed by atoms with Crippen LogP contribution in [0.4, 0.5) is 0 Å². The molecule has 1 aliphatic rings. The number of hydrogen-bond acceptors (Lipinski definition) is 5. The summed E-state index contributed by atoms with van der Waals surface area (Å²) >= 11 is 0. The van der Waals surface area contributed by atoms with Crippen LogP contribution >= 0.6 is 0 Å². The van der Waals surface area contributed by atoms with Crippen molar-refractivity contribution in [2.75, 3.05) is 0 Å². The van der Waals surface area contributed by atoms with Crippen molar-refractivity contribution in [2.45, 2.75) is 18.2 Å². The molecule has 9 heteroatoms. The molecule has 1 aromatic heterocycles. The molecule has 1 aliphatic heterocycles. The Morgan fingerprint density at radius 3 is 2.06 bits per heavy atom. The quantitative estimate of drug-likeness (QED) is 0.416. The highest BCUT2D eigenvalue weighted by Gasteiger charge is 2.32. The second-order valence-electron chi connectivity index (χ2n) is 6.94. The molecule has 0 bridgehead atoms. The largest absolute Gasteiger partial charge is 0.456 e. The summed E-state index contributed by atoms with van der Waals surface area (Å²) in [5.41, 5.74) is 7.33. The van der Waals surface area contributed by atoms with Crippen molar-refractivity contribution in [2.24, 2.45) is 5.14 Å². The fraction of sp³-hybridized carbons (Fsp3) is 0.0909. The molecule has 0 atom stereocenters. The Morgan fingerprint density at radius 2 is 1.52 bits per heavy atom. The molecule has 0 unspecified atom stereocenters. The molecule has 0 radical (unpaired) electrons. The maximum Gasteiger partial charge on any atom is 0.276 e. The fourth-order valence-electron chi connectivity index (χ4n) is 3.32. The number of nitrogens with two attached hydrogens (primary N) is 1. The summed E-state index contributed by atoms with van der Waals surface area (Å²) in [6, 6.07) is 16.8. The number of carbonyl (C=O) groups is 2. The first-order chi connectivity index (χ1) is 14.8. The number of benzene rings is 2. The van der Waals surface area contributed by atoms with Crippen LogP contribution in [0.25, 0.3) is 16.9 Å². The number of amides is 2. The van der Waals surface area contributed by atoms with Crippen molar-refractivity contribution in [1.29, 1.82) is 0 Å². The minimum absolute atomic E-state index is 0.0128. The van der Waals surface area contributed by atoms with Crippen molar-refractivity contribution in [1.82, 2.24) is 10.9 Å². The zero-order chi connectivity index (χ0) is 22.2. The van der Waals surface area contributed by atoms with Gasteiger partial charge in [0, 0.05) is 11.1 Å². The summed E-state index contributed by atoms with van der Waals surface area (Å²) in [4.78, 5) is 24.7. The molecule has 2 aromatic carbocycles. The molecule has 0 saturated carbocycles. The monoisotopic (exact) mass is 437 g/mol. The molecule has 8 nitrogen and oxygen atoms in total. The maximum absolute atomic E-state index is 12.3. The second kappa shape index (κ2) is 7.86. The van der Waals surface area contributed by atoms with E-state index in [1.807, 2.05) is 31.2 Å². The Hall–Kier alpha value is -3.69. The molecule has 31 heavy (non-hydrogen) atoms. The predicted octanol–water partition coefficient (Wildman–Crippen LogP) is 2.12. The van der Waals surface area contributed by atoms with Crippen LogP contribution in [0.1, 0.15) is 23.8 Å². The predicted molar refractivity (Wildman–Crippen MR) is 114 cm³/mol. The molecule has 1 saturated heterocycles. The Balaban J connectivity index is 1.80. The number of sulfonamides is 1. The number of furan rings is 1. The minimum Gasteiger partial charge on any atom is -0.456 e. The molecule has 2 heterocycles. The molecule has 4 N–H and O–H groups in total. The smallest absolute Gasteiger partial charge is 0.276 e. The summed E-state index contributed by atoms with van der Waals surface area (Å²) in [6.45, 7) is 2.03. The zero-order valence-electron chi connectivity index (χ0n) is 16.5. The molecular formula is C22H19N3O5S. The van der Waals surface area contributed by atoms with Crippen LogP contribution in [-0.4, -0.2) is 20.2 Å². The van der Waals surface area contributed by atoms with Crippen LogP contribution in [-0.2, 0) is 26.0 Å². The lowest BCUT2D eigenvalue weighted by Crippen LogP contribution is -2.28. The Morgan fingerprint density at radius 1 is 0.903 bits per heavy atom. The molecule has 4 rings (SSSR count). The lowest BCUT2D eigenvalue weighted by molar-refractivity contribution is -0.117. The Kier molecular flexibility index (Phi) is 5.22. The summed E-state index contributed by atoms with van der Waals surface area (Å²) in [6.07, 6.45) is 0.854. The van der Waals surface area contributed by atoms with Gasteiger partial charge in [-0.25, -0.2) is 13.6 Å². The van der Waals surface area contributed by atoms with Crippen LogP contribution in [0.2, 0.25) is 0 Å². The first-order valence-corrected chi connectivity index (χ1v) is 11.0. The average Bonchev–Trinajstić information content (AvgIpc) is 3.37. The third-order valence-corrected chi connectivity index (χ3v) is 5.89. The number of hydrogen-bond donors (Lipinski definition) is 3. The summed E-state index contributed by atoms with van der Waals surface area (Å²) in [5.74, 6) is -0.319. The lowest BCUT2D eigenvalue weighted by atomic mass is 9.96. The van der Waals surface area contributed by atoms with Gasteiger partial charge in [0.2, 0.25) is 10.0 Å². The van der Waals surface area contributed by atoms with Crippen molar-refractivity contribution in [3.8, 4) is 11.3 Å². The number of primary sulfonamides is 1. The van der Waals surface area contributed by atoms with Gasteiger partial charge in [0.25, 0.3) is 11.8 Å². The SMILES string of the molecule is CCc1ccc(C(=C2C(=O)NNC2=O)c2ccc(-c3ccc(S(N)(=O)=O)cc3)o2)cc1. The van der Waals surface area contributed by atoms with E-state index in [1.54, 1.807) is 24.3 Å². The van der Waals surface area contributed by atoms with Gasteiger partial charge in [-0.15, -0.1) is 0 Å². The number of carbonyl (C=O) groups excluding carboxylic acids is 2. The highest BCUT2D eigenvalue weighted by Crippen LogP contribution is 2.33. The van der Waals surface area contributed by atoms with Gasteiger partial charge in [-0.05, 0) is 53.9 Å². The fourth-order valence-corrected chi connectivity index (χ4v) is 3.84. The zero-order valence-corrected chi connectivity index (χ0v) is 17.3. The third kappa shape index (κ3) is 4.00. The highest BCUT2D eigenvalue weighted by molar-refractivity contribution is 7.89. The molecule has 158 valence electrons. The summed E-state index contributed by atoms with van der Waals surface area (Å²) in [7, 11) is -3.80. The normalized spacial score (nSPS) is 13.8. The van der Waals surface area contributed by atoms with Crippen molar-refractivity contribution in [3.05, 3.63) is 83.1 Å². The molecule has 2 amide bonds.